The van der Waals surface area contributed by atoms with Crippen LogP contribution < -0.4 is 10.9 Å². The molecular formula is C21H19N3O3. The molecule has 2 aromatic heterocycles. The normalized spacial score (nSPS) is 11.1. The topological polar surface area (TPSA) is 87.1 Å². The molecule has 0 saturated carbocycles. The van der Waals surface area contributed by atoms with E-state index in [1.807, 2.05) is 51.1 Å². The zero-order chi connectivity index (χ0) is 19.1. The van der Waals surface area contributed by atoms with Crippen LogP contribution in [0.5, 0.6) is 0 Å². The van der Waals surface area contributed by atoms with Crippen LogP contribution in [0.25, 0.3) is 21.9 Å². The van der Waals surface area contributed by atoms with Gasteiger partial charge in [-0.05, 0) is 50.6 Å². The van der Waals surface area contributed by atoms with E-state index < -0.39 is 11.8 Å². The number of carbonyl (C=O) groups excluding carboxylic acids is 2. The summed E-state index contributed by atoms with van der Waals surface area (Å²) in [6.07, 6.45) is 0. The van der Waals surface area contributed by atoms with E-state index in [-0.39, 0.29) is 5.76 Å². The fourth-order valence-electron chi connectivity index (χ4n) is 3.24. The van der Waals surface area contributed by atoms with Crippen molar-refractivity contribution in [3.05, 3.63) is 70.6 Å². The first-order valence-corrected chi connectivity index (χ1v) is 8.63. The minimum atomic E-state index is -0.494. The van der Waals surface area contributed by atoms with Gasteiger partial charge in [-0.3, -0.25) is 20.4 Å². The summed E-state index contributed by atoms with van der Waals surface area (Å²) < 4.78 is 5.61. The first-order chi connectivity index (χ1) is 13.0. The van der Waals surface area contributed by atoms with Gasteiger partial charge in [0.15, 0.2) is 5.76 Å². The Hall–Kier alpha value is -3.54. The highest BCUT2D eigenvalue weighted by Crippen LogP contribution is 2.25. The van der Waals surface area contributed by atoms with Gasteiger partial charge in [0.25, 0.3) is 5.91 Å². The molecule has 4 aromatic rings. The smallest absolute Gasteiger partial charge is 0.305 e. The average Bonchev–Trinajstić information content (AvgIpc) is 3.16. The van der Waals surface area contributed by atoms with E-state index >= 15 is 0 Å². The number of aromatic nitrogens is 1. The second-order valence-electron chi connectivity index (χ2n) is 6.60. The van der Waals surface area contributed by atoms with E-state index in [0.29, 0.717) is 11.1 Å². The first-order valence-electron chi connectivity index (χ1n) is 8.63. The summed E-state index contributed by atoms with van der Waals surface area (Å²) in [5.74, 6) is -0.701. The zero-order valence-corrected chi connectivity index (χ0v) is 15.3. The van der Waals surface area contributed by atoms with E-state index in [2.05, 4.69) is 15.8 Å². The number of para-hydroxylation sites is 1. The second-order valence-corrected chi connectivity index (χ2v) is 6.60. The quantitative estimate of drug-likeness (QED) is 0.473. The number of hydrogen-bond donors (Lipinski definition) is 3. The van der Waals surface area contributed by atoms with Crippen LogP contribution >= 0.6 is 0 Å². The fourth-order valence-corrected chi connectivity index (χ4v) is 3.24. The summed E-state index contributed by atoms with van der Waals surface area (Å²) >= 11 is 0. The number of hydrazine groups is 1. The third-order valence-corrected chi connectivity index (χ3v) is 4.91. The van der Waals surface area contributed by atoms with Crippen LogP contribution in [0.4, 0.5) is 0 Å². The molecule has 4 rings (SSSR count). The molecule has 0 bridgehead atoms. The molecule has 0 aliphatic rings. The molecule has 2 amide bonds. The van der Waals surface area contributed by atoms with Gasteiger partial charge in [-0.1, -0.05) is 18.2 Å². The van der Waals surface area contributed by atoms with Crippen molar-refractivity contribution >= 4 is 33.7 Å². The Morgan fingerprint density at radius 3 is 2.41 bits per heavy atom. The van der Waals surface area contributed by atoms with Crippen molar-refractivity contribution in [1.29, 1.82) is 0 Å². The standard InChI is InChI=1S/C21H19N3O3/c1-11-13(3)22-17-9-8-14(10-16(11)17)20(25)23-24-21(26)19-12(2)15-6-4-5-7-18(15)27-19/h4-10,22H,1-3H3,(H,23,25)(H,24,26). The summed E-state index contributed by atoms with van der Waals surface area (Å²) in [6, 6.07) is 12.8. The number of aromatic amines is 1. The lowest BCUT2D eigenvalue weighted by atomic mass is 10.1. The predicted octanol–water partition coefficient (Wildman–Crippen LogP) is 3.91. The van der Waals surface area contributed by atoms with Gasteiger partial charge >= 0.3 is 5.91 Å². The highest BCUT2D eigenvalue weighted by Gasteiger charge is 2.18. The van der Waals surface area contributed by atoms with Crippen LogP contribution in [0.3, 0.4) is 0 Å². The summed E-state index contributed by atoms with van der Waals surface area (Å²) in [7, 11) is 0. The minimum Gasteiger partial charge on any atom is -0.451 e. The van der Waals surface area contributed by atoms with E-state index in [0.717, 1.165) is 33.1 Å². The Labute approximate surface area is 155 Å². The molecule has 6 heteroatoms. The largest absolute Gasteiger partial charge is 0.451 e. The molecule has 0 spiro atoms. The van der Waals surface area contributed by atoms with Gasteiger partial charge in [-0.25, -0.2) is 0 Å². The van der Waals surface area contributed by atoms with Gasteiger partial charge in [0.2, 0.25) is 0 Å². The molecule has 136 valence electrons. The Balaban J connectivity index is 1.52. The van der Waals surface area contributed by atoms with Crippen molar-refractivity contribution < 1.29 is 14.0 Å². The molecule has 27 heavy (non-hydrogen) atoms. The molecular weight excluding hydrogens is 342 g/mol. The molecule has 0 aliphatic heterocycles. The first kappa shape index (κ1) is 16.9. The molecule has 0 aliphatic carbocycles. The van der Waals surface area contributed by atoms with Gasteiger partial charge in [-0.2, -0.15) is 0 Å². The van der Waals surface area contributed by atoms with Crippen molar-refractivity contribution in [2.45, 2.75) is 20.8 Å². The van der Waals surface area contributed by atoms with Crippen molar-refractivity contribution in [2.75, 3.05) is 0 Å². The number of fused-ring (bicyclic) bond motifs is 2. The molecule has 3 N–H and O–H groups in total. The Morgan fingerprint density at radius 1 is 0.889 bits per heavy atom. The maximum absolute atomic E-state index is 12.4. The molecule has 0 radical (unpaired) electrons. The summed E-state index contributed by atoms with van der Waals surface area (Å²) in [4.78, 5) is 28.1. The molecule has 0 saturated heterocycles. The molecule has 0 unspecified atom stereocenters. The third kappa shape index (κ3) is 2.85. The van der Waals surface area contributed by atoms with Gasteiger partial charge in [0, 0.05) is 33.1 Å². The molecule has 2 aromatic carbocycles. The number of hydrogen-bond acceptors (Lipinski definition) is 3. The lowest BCUT2D eigenvalue weighted by molar-refractivity contribution is 0.0831. The van der Waals surface area contributed by atoms with Crippen LogP contribution in [0, 0.1) is 20.8 Å². The van der Waals surface area contributed by atoms with Crippen molar-refractivity contribution in [2.24, 2.45) is 0 Å². The number of rotatable bonds is 2. The van der Waals surface area contributed by atoms with Crippen molar-refractivity contribution in [1.82, 2.24) is 15.8 Å². The fraction of sp³-hybridized carbons (Fsp3) is 0.143. The van der Waals surface area contributed by atoms with Crippen LogP contribution in [-0.2, 0) is 0 Å². The maximum Gasteiger partial charge on any atom is 0.305 e. The van der Waals surface area contributed by atoms with Crippen LogP contribution in [0.15, 0.2) is 46.9 Å². The second kappa shape index (κ2) is 6.32. The number of aryl methyl sites for hydroxylation is 3. The highest BCUT2D eigenvalue weighted by atomic mass is 16.3. The lowest BCUT2D eigenvalue weighted by Crippen LogP contribution is -2.41. The van der Waals surface area contributed by atoms with Gasteiger partial charge in [0.05, 0.1) is 0 Å². The van der Waals surface area contributed by atoms with Crippen LogP contribution in [0.2, 0.25) is 0 Å². The van der Waals surface area contributed by atoms with E-state index in [4.69, 9.17) is 4.42 Å². The zero-order valence-electron chi connectivity index (χ0n) is 15.3. The van der Waals surface area contributed by atoms with Gasteiger partial charge < -0.3 is 9.40 Å². The summed E-state index contributed by atoms with van der Waals surface area (Å²) in [5.41, 5.74) is 9.85. The minimum absolute atomic E-state index is 0.184. The SMILES string of the molecule is Cc1[nH]c2ccc(C(=O)NNC(=O)c3oc4ccccc4c3C)cc2c1C. The number of benzene rings is 2. The van der Waals surface area contributed by atoms with E-state index in [1.165, 1.54) is 0 Å². The third-order valence-electron chi connectivity index (χ3n) is 4.91. The number of furan rings is 1. The highest BCUT2D eigenvalue weighted by molar-refractivity contribution is 6.02. The maximum atomic E-state index is 12.4. The van der Waals surface area contributed by atoms with E-state index in [1.54, 1.807) is 12.1 Å². The molecule has 6 nitrogen and oxygen atoms in total. The Morgan fingerprint density at radius 2 is 1.63 bits per heavy atom. The van der Waals surface area contributed by atoms with Crippen molar-refractivity contribution in [3.63, 3.8) is 0 Å². The number of carbonyl (C=O) groups is 2. The summed E-state index contributed by atoms with van der Waals surface area (Å²) in [5, 5.41) is 1.86. The monoisotopic (exact) mass is 361 g/mol. The van der Waals surface area contributed by atoms with Crippen LogP contribution in [0.1, 0.15) is 37.7 Å². The van der Waals surface area contributed by atoms with Crippen molar-refractivity contribution in [3.8, 4) is 0 Å². The lowest BCUT2D eigenvalue weighted by Gasteiger charge is -2.07. The average molecular weight is 361 g/mol. The van der Waals surface area contributed by atoms with Crippen LogP contribution in [-0.4, -0.2) is 16.8 Å². The number of nitrogens with one attached hydrogen (secondary N) is 3. The van der Waals surface area contributed by atoms with Gasteiger partial charge in [0.1, 0.15) is 5.58 Å². The Kier molecular flexibility index (Phi) is 3.96. The van der Waals surface area contributed by atoms with E-state index in [9.17, 15) is 9.59 Å². The number of H-pyrrole nitrogens is 1. The molecule has 0 atom stereocenters. The summed E-state index contributed by atoms with van der Waals surface area (Å²) in [6.45, 7) is 5.81. The predicted molar refractivity (Wildman–Crippen MR) is 104 cm³/mol. The molecule has 2 heterocycles. The Bertz CT molecular complexity index is 1200. The number of amides is 2. The van der Waals surface area contributed by atoms with Gasteiger partial charge in [-0.15, -0.1) is 0 Å². The molecule has 0 fully saturated rings.